The fourth-order valence-corrected chi connectivity index (χ4v) is 4.67. The molecule has 3 aromatic rings. The number of nitrogens with zero attached hydrogens (tertiary/aromatic N) is 1. The summed E-state index contributed by atoms with van der Waals surface area (Å²) in [5, 5.41) is 3.75. The summed E-state index contributed by atoms with van der Waals surface area (Å²) in [7, 11) is 0. The van der Waals surface area contributed by atoms with Crippen molar-refractivity contribution in [1.29, 1.82) is 0 Å². The Morgan fingerprint density at radius 1 is 0.857 bits per heavy atom. The lowest BCUT2D eigenvalue weighted by Crippen LogP contribution is -2.51. The van der Waals surface area contributed by atoms with Crippen LogP contribution in [-0.2, 0) is 28.3 Å². The Kier molecular flexibility index (Phi) is 10.7. The van der Waals surface area contributed by atoms with Crippen molar-refractivity contribution < 1.29 is 9.59 Å². The van der Waals surface area contributed by atoms with E-state index < -0.39 is 6.04 Å². The van der Waals surface area contributed by atoms with Gasteiger partial charge in [0.2, 0.25) is 11.8 Å². The number of benzene rings is 3. The molecule has 0 spiro atoms. The predicted molar refractivity (Wildman–Crippen MR) is 146 cm³/mol. The molecule has 1 atom stereocenters. The average molecular weight is 509 g/mol. The molecular formula is C29H33ClN2O2S. The highest BCUT2D eigenvalue weighted by Gasteiger charge is 2.30. The van der Waals surface area contributed by atoms with E-state index in [9.17, 15) is 9.59 Å². The maximum Gasteiger partial charge on any atom is 0.243 e. The van der Waals surface area contributed by atoms with Gasteiger partial charge < -0.3 is 10.2 Å². The van der Waals surface area contributed by atoms with E-state index >= 15 is 0 Å². The molecule has 184 valence electrons. The second-order valence-electron chi connectivity index (χ2n) is 8.97. The molecule has 35 heavy (non-hydrogen) atoms. The van der Waals surface area contributed by atoms with E-state index in [1.165, 1.54) is 0 Å². The molecule has 0 fully saturated rings. The van der Waals surface area contributed by atoms with Crippen molar-refractivity contribution in [2.45, 2.75) is 38.6 Å². The van der Waals surface area contributed by atoms with E-state index in [-0.39, 0.29) is 17.6 Å². The molecule has 2 amide bonds. The monoisotopic (exact) mass is 508 g/mol. The predicted octanol–water partition coefficient (Wildman–Crippen LogP) is 5.99. The van der Waals surface area contributed by atoms with Gasteiger partial charge in [0.1, 0.15) is 6.04 Å². The Morgan fingerprint density at radius 3 is 2.06 bits per heavy atom. The van der Waals surface area contributed by atoms with Crippen LogP contribution in [0.3, 0.4) is 0 Å². The minimum absolute atomic E-state index is 0.0477. The molecule has 0 bridgehead atoms. The van der Waals surface area contributed by atoms with Gasteiger partial charge >= 0.3 is 0 Å². The summed E-state index contributed by atoms with van der Waals surface area (Å²) in [6.07, 6.45) is 0.463. The molecule has 4 nitrogen and oxygen atoms in total. The first-order valence-electron chi connectivity index (χ1n) is 11.9. The van der Waals surface area contributed by atoms with Gasteiger partial charge in [0, 0.05) is 30.3 Å². The van der Waals surface area contributed by atoms with E-state index in [4.69, 9.17) is 11.6 Å². The van der Waals surface area contributed by atoms with Crippen molar-refractivity contribution in [3.8, 4) is 0 Å². The standard InChI is InChI=1S/C29H33ClN2O2S/c1-22(2)18-31-29(34)27(17-23-9-5-3-6-10-23)32(19-24-11-7-4-8-12-24)28(33)21-35-20-25-13-15-26(30)16-14-25/h3-16,22,27H,17-21H2,1-2H3,(H,31,34)/t27-/m0/s1. The largest absolute Gasteiger partial charge is 0.354 e. The fourth-order valence-electron chi connectivity index (χ4n) is 3.68. The highest BCUT2D eigenvalue weighted by Crippen LogP contribution is 2.19. The normalized spacial score (nSPS) is 11.8. The third-order valence-electron chi connectivity index (χ3n) is 5.56. The molecule has 0 aromatic heterocycles. The van der Waals surface area contributed by atoms with E-state index in [2.05, 4.69) is 19.2 Å². The van der Waals surface area contributed by atoms with Crippen LogP contribution in [0.4, 0.5) is 0 Å². The van der Waals surface area contributed by atoms with Gasteiger partial charge in [-0.3, -0.25) is 9.59 Å². The van der Waals surface area contributed by atoms with Gasteiger partial charge in [-0.25, -0.2) is 0 Å². The average Bonchev–Trinajstić information content (AvgIpc) is 2.87. The summed E-state index contributed by atoms with van der Waals surface area (Å²) in [4.78, 5) is 28.7. The second kappa shape index (κ2) is 14.0. The lowest BCUT2D eigenvalue weighted by molar-refractivity contribution is -0.139. The van der Waals surface area contributed by atoms with Crippen LogP contribution in [0.1, 0.15) is 30.5 Å². The van der Waals surface area contributed by atoms with Crippen molar-refractivity contribution in [3.63, 3.8) is 0 Å². The highest BCUT2D eigenvalue weighted by molar-refractivity contribution is 7.99. The van der Waals surface area contributed by atoms with Crippen LogP contribution >= 0.6 is 23.4 Å². The molecule has 0 heterocycles. The quantitative estimate of drug-likeness (QED) is 0.327. The van der Waals surface area contributed by atoms with E-state index in [0.29, 0.717) is 36.2 Å². The molecule has 0 unspecified atom stereocenters. The molecule has 1 N–H and O–H groups in total. The van der Waals surface area contributed by atoms with Crippen LogP contribution in [0.2, 0.25) is 5.02 Å². The van der Waals surface area contributed by atoms with Crippen LogP contribution < -0.4 is 5.32 Å². The van der Waals surface area contributed by atoms with Crippen LogP contribution in [0.5, 0.6) is 0 Å². The first-order chi connectivity index (χ1) is 16.9. The number of halogens is 1. The maximum atomic E-state index is 13.6. The first kappa shape index (κ1) is 26.8. The van der Waals surface area contributed by atoms with Gasteiger partial charge in [-0.05, 0) is 34.7 Å². The van der Waals surface area contributed by atoms with E-state index in [1.807, 2.05) is 84.9 Å². The number of hydrogen-bond donors (Lipinski definition) is 1. The van der Waals surface area contributed by atoms with Gasteiger partial charge in [0.15, 0.2) is 0 Å². The molecule has 0 saturated heterocycles. The first-order valence-corrected chi connectivity index (χ1v) is 13.4. The van der Waals surface area contributed by atoms with E-state index in [0.717, 1.165) is 16.7 Å². The number of hydrogen-bond acceptors (Lipinski definition) is 3. The number of amides is 2. The number of carbonyl (C=O) groups is 2. The van der Waals surface area contributed by atoms with Crippen LogP contribution in [0, 0.1) is 5.92 Å². The van der Waals surface area contributed by atoms with Gasteiger partial charge in [0.25, 0.3) is 0 Å². The third kappa shape index (κ3) is 9.08. The SMILES string of the molecule is CC(C)CNC(=O)[C@H](Cc1ccccc1)N(Cc1ccccc1)C(=O)CSCc1ccc(Cl)cc1. The molecule has 0 radical (unpaired) electrons. The topological polar surface area (TPSA) is 49.4 Å². The van der Waals surface area contributed by atoms with Crippen LogP contribution in [-0.4, -0.2) is 35.1 Å². The number of rotatable bonds is 12. The number of nitrogens with one attached hydrogen (secondary N) is 1. The zero-order chi connectivity index (χ0) is 25.0. The van der Waals surface area contributed by atoms with Crippen LogP contribution in [0.25, 0.3) is 0 Å². The second-order valence-corrected chi connectivity index (χ2v) is 10.4. The number of carbonyl (C=O) groups excluding carboxylic acids is 2. The molecule has 0 saturated carbocycles. The summed E-state index contributed by atoms with van der Waals surface area (Å²) >= 11 is 7.53. The Labute approximate surface area is 218 Å². The summed E-state index contributed by atoms with van der Waals surface area (Å²) in [5.74, 6) is 1.15. The Balaban J connectivity index is 1.80. The van der Waals surface area contributed by atoms with Crippen molar-refractivity contribution in [2.24, 2.45) is 5.92 Å². The minimum Gasteiger partial charge on any atom is -0.354 e. The van der Waals surface area contributed by atoms with Crippen LogP contribution in [0.15, 0.2) is 84.9 Å². The molecule has 0 aliphatic rings. The zero-order valence-electron chi connectivity index (χ0n) is 20.3. The maximum absolute atomic E-state index is 13.6. The smallest absolute Gasteiger partial charge is 0.243 e. The van der Waals surface area contributed by atoms with Crippen molar-refractivity contribution in [3.05, 3.63) is 107 Å². The van der Waals surface area contributed by atoms with Crippen molar-refractivity contribution in [2.75, 3.05) is 12.3 Å². The summed E-state index contributed by atoms with van der Waals surface area (Å²) in [6, 6.07) is 26.8. The molecular weight excluding hydrogens is 476 g/mol. The molecule has 6 heteroatoms. The number of thioether (sulfide) groups is 1. The van der Waals surface area contributed by atoms with Gasteiger partial charge in [-0.2, -0.15) is 0 Å². The third-order valence-corrected chi connectivity index (χ3v) is 6.80. The highest BCUT2D eigenvalue weighted by atomic mass is 35.5. The summed E-state index contributed by atoms with van der Waals surface area (Å²) < 4.78 is 0. The molecule has 3 aromatic carbocycles. The minimum atomic E-state index is -0.597. The summed E-state index contributed by atoms with van der Waals surface area (Å²) in [6.45, 7) is 5.08. The van der Waals surface area contributed by atoms with Gasteiger partial charge in [-0.1, -0.05) is 98.2 Å². The van der Waals surface area contributed by atoms with Gasteiger partial charge in [-0.15, -0.1) is 11.8 Å². The van der Waals surface area contributed by atoms with Gasteiger partial charge in [0.05, 0.1) is 5.75 Å². The Bertz CT molecular complexity index is 1060. The molecule has 0 aliphatic carbocycles. The lowest BCUT2D eigenvalue weighted by atomic mass is 10.0. The van der Waals surface area contributed by atoms with Crippen molar-refractivity contribution in [1.82, 2.24) is 10.2 Å². The fraction of sp³-hybridized carbons (Fsp3) is 0.310. The lowest BCUT2D eigenvalue weighted by Gasteiger charge is -2.31. The van der Waals surface area contributed by atoms with E-state index in [1.54, 1.807) is 16.7 Å². The Morgan fingerprint density at radius 2 is 1.46 bits per heavy atom. The molecule has 0 aliphatic heterocycles. The summed E-state index contributed by atoms with van der Waals surface area (Å²) in [5.41, 5.74) is 3.13. The van der Waals surface area contributed by atoms with Crippen molar-refractivity contribution >= 4 is 35.2 Å². The Hall–Kier alpha value is -2.76. The molecule has 3 rings (SSSR count). The zero-order valence-corrected chi connectivity index (χ0v) is 21.9.